The number of carboxylic acid groups (broad SMARTS) is 1. The van der Waals surface area contributed by atoms with E-state index < -0.39 is 17.2 Å². The predicted octanol–water partition coefficient (Wildman–Crippen LogP) is 3.04. The second-order valence-corrected chi connectivity index (χ2v) is 7.87. The Hall–Kier alpha value is -2.64. The number of aliphatic carboxylic acids is 1. The highest BCUT2D eigenvalue weighted by atomic mass is 19.1. The van der Waals surface area contributed by atoms with Crippen LogP contribution in [0.5, 0.6) is 11.5 Å². The highest BCUT2D eigenvalue weighted by Crippen LogP contribution is 2.37. The molecule has 2 saturated heterocycles. The third-order valence-corrected chi connectivity index (χ3v) is 5.45. The molecule has 0 atom stereocenters. The molecule has 0 spiro atoms. The van der Waals surface area contributed by atoms with E-state index in [0.717, 1.165) is 5.56 Å². The topological polar surface area (TPSA) is 74.2 Å². The van der Waals surface area contributed by atoms with Crippen LogP contribution in [0.4, 0.5) is 4.39 Å². The number of carbonyl (C=O) groups is 1. The van der Waals surface area contributed by atoms with Gasteiger partial charge in [-0.2, -0.15) is 0 Å². The lowest BCUT2D eigenvalue weighted by molar-refractivity contribution is -0.149. The second-order valence-electron chi connectivity index (χ2n) is 7.87. The van der Waals surface area contributed by atoms with Gasteiger partial charge < -0.3 is 24.1 Å². The molecule has 0 saturated carbocycles. The molecule has 2 aromatic carbocycles. The molecule has 29 heavy (non-hydrogen) atoms. The molecule has 1 N–H and O–H groups in total. The average Bonchev–Trinajstić information content (AvgIpc) is 2.65. The first-order valence-corrected chi connectivity index (χ1v) is 9.48. The quantitative estimate of drug-likeness (QED) is 0.695. The molecule has 0 aromatic heterocycles. The van der Waals surface area contributed by atoms with Crippen LogP contribution in [0.1, 0.15) is 12.0 Å². The molecular formula is C22H23FO6. The number of para-hydroxylation sites is 1. The van der Waals surface area contributed by atoms with Crippen molar-refractivity contribution in [3.05, 3.63) is 59.9 Å². The Morgan fingerprint density at radius 2 is 1.62 bits per heavy atom. The molecular weight excluding hydrogens is 379 g/mol. The van der Waals surface area contributed by atoms with Crippen LogP contribution >= 0.6 is 0 Å². The van der Waals surface area contributed by atoms with Crippen molar-refractivity contribution in [3.63, 3.8) is 0 Å². The molecule has 2 aromatic rings. The van der Waals surface area contributed by atoms with Gasteiger partial charge in [-0.15, -0.1) is 0 Å². The van der Waals surface area contributed by atoms with Crippen molar-refractivity contribution in [1.82, 2.24) is 0 Å². The van der Waals surface area contributed by atoms with Gasteiger partial charge in [0.1, 0.15) is 19.0 Å². The highest BCUT2D eigenvalue weighted by Gasteiger charge is 2.43. The Bertz CT molecular complexity index is 858. The zero-order valence-electron chi connectivity index (χ0n) is 15.9. The summed E-state index contributed by atoms with van der Waals surface area (Å²) in [5, 5.41) is 9.16. The monoisotopic (exact) mass is 402 g/mol. The van der Waals surface area contributed by atoms with Crippen molar-refractivity contribution in [2.24, 2.45) is 5.41 Å². The standard InChI is InChI=1S/C22H23FO6/c23-18-3-1-2-4-19(18)29-13-21(10-26-11-21)12-28-17-7-5-16(6-8-17)22(9-20(24)25)14-27-15-22/h1-8H,9-15H2,(H,24,25). The first-order valence-electron chi connectivity index (χ1n) is 9.48. The Kier molecular flexibility index (Phi) is 5.43. The average molecular weight is 402 g/mol. The third-order valence-electron chi connectivity index (χ3n) is 5.45. The SMILES string of the molecule is O=C(O)CC1(c2ccc(OCC3(COc4ccccc4F)COC3)cc2)COC1. The number of hydrogen-bond donors (Lipinski definition) is 1. The molecule has 6 nitrogen and oxygen atoms in total. The van der Waals surface area contributed by atoms with Gasteiger partial charge in [0.2, 0.25) is 0 Å². The lowest BCUT2D eigenvalue weighted by atomic mass is 9.76. The zero-order chi connectivity index (χ0) is 20.3. The minimum absolute atomic E-state index is 0.0427. The number of hydrogen-bond acceptors (Lipinski definition) is 5. The van der Waals surface area contributed by atoms with Crippen molar-refractivity contribution < 1.29 is 33.2 Å². The summed E-state index contributed by atoms with van der Waals surface area (Å²) in [5.41, 5.74) is 0.150. The van der Waals surface area contributed by atoms with E-state index in [1.807, 2.05) is 24.3 Å². The predicted molar refractivity (Wildman–Crippen MR) is 102 cm³/mol. The Morgan fingerprint density at radius 3 is 2.17 bits per heavy atom. The number of rotatable bonds is 9. The maximum absolute atomic E-state index is 13.8. The molecule has 0 unspecified atom stereocenters. The highest BCUT2D eigenvalue weighted by molar-refractivity contribution is 5.69. The minimum atomic E-state index is -0.838. The third kappa shape index (κ3) is 4.21. The van der Waals surface area contributed by atoms with Crippen LogP contribution in [0, 0.1) is 11.2 Å². The summed E-state index contributed by atoms with van der Waals surface area (Å²) in [7, 11) is 0. The van der Waals surface area contributed by atoms with Gasteiger partial charge in [-0.25, -0.2) is 4.39 Å². The van der Waals surface area contributed by atoms with Crippen molar-refractivity contribution in [2.75, 3.05) is 39.6 Å². The molecule has 0 bridgehead atoms. The van der Waals surface area contributed by atoms with E-state index >= 15 is 0 Å². The normalized spacial score (nSPS) is 18.9. The number of carboxylic acids is 1. The van der Waals surface area contributed by atoms with E-state index in [2.05, 4.69) is 0 Å². The maximum atomic E-state index is 13.8. The van der Waals surface area contributed by atoms with Gasteiger partial charge in [0.05, 0.1) is 43.7 Å². The van der Waals surface area contributed by atoms with Gasteiger partial charge in [0, 0.05) is 0 Å². The van der Waals surface area contributed by atoms with Crippen LogP contribution < -0.4 is 9.47 Å². The van der Waals surface area contributed by atoms with E-state index in [0.29, 0.717) is 45.4 Å². The Balaban J connectivity index is 1.35. The van der Waals surface area contributed by atoms with E-state index in [4.69, 9.17) is 24.1 Å². The van der Waals surface area contributed by atoms with E-state index in [9.17, 15) is 9.18 Å². The first-order chi connectivity index (χ1) is 14.0. The van der Waals surface area contributed by atoms with Gasteiger partial charge in [-0.1, -0.05) is 24.3 Å². The molecule has 2 aliphatic heterocycles. The summed E-state index contributed by atoms with van der Waals surface area (Å²) in [5.74, 6) is -0.337. The largest absolute Gasteiger partial charge is 0.493 e. The number of halogens is 1. The Labute approximate surface area is 168 Å². The first kappa shape index (κ1) is 19.7. The lowest BCUT2D eigenvalue weighted by Gasteiger charge is -2.41. The van der Waals surface area contributed by atoms with E-state index in [-0.39, 0.29) is 17.6 Å². The molecule has 0 radical (unpaired) electrons. The number of ether oxygens (including phenoxy) is 4. The summed E-state index contributed by atoms with van der Waals surface area (Å²) in [6.45, 7) is 2.47. The van der Waals surface area contributed by atoms with Crippen molar-refractivity contribution in [3.8, 4) is 11.5 Å². The van der Waals surface area contributed by atoms with Crippen molar-refractivity contribution >= 4 is 5.97 Å². The fourth-order valence-electron chi connectivity index (χ4n) is 3.54. The van der Waals surface area contributed by atoms with Crippen LogP contribution in [0.2, 0.25) is 0 Å². The van der Waals surface area contributed by atoms with Gasteiger partial charge in [-0.3, -0.25) is 4.79 Å². The maximum Gasteiger partial charge on any atom is 0.304 e. The lowest BCUT2D eigenvalue weighted by Crippen LogP contribution is -2.51. The summed E-state index contributed by atoms with van der Waals surface area (Å²) in [4.78, 5) is 11.2. The molecule has 0 aliphatic carbocycles. The summed E-state index contributed by atoms with van der Waals surface area (Å²) >= 11 is 0. The summed E-state index contributed by atoms with van der Waals surface area (Å²) in [6.07, 6.45) is 0.0427. The van der Waals surface area contributed by atoms with E-state index in [1.54, 1.807) is 18.2 Å². The van der Waals surface area contributed by atoms with Crippen LogP contribution in [-0.4, -0.2) is 50.7 Å². The molecule has 2 fully saturated rings. The Morgan fingerprint density at radius 1 is 0.966 bits per heavy atom. The van der Waals surface area contributed by atoms with Crippen LogP contribution in [0.25, 0.3) is 0 Å². The fraction of sp³-hybridized carbons (Fsp3) is 0.409. The molecule has 2 heterocycles. The molecule has 2 aliphatic rings. The van der Waals surface area contributed by atoms with Crippen molar-refractivity contribution in [2.45, 2.75) is 11.8 Å². The van der Waals surface area contributed by atoms with Crippen LogP contribution in [0.3, 0.4) is 0 Å². The zero-order valence-corrected chi connectivity index (χ0v) is 15.9. The van der Waals surface area contributed by atoms with Crippen LogP contribution in [0.15, 0.2) is 48.5 Å². The van der Waals surface area contributed by atoms with Gasteiger partial charge in [0.25, 0.3) is 0 Å². The number of benzene rings is 2. The minimum Gasteiger partial charge on any atom is -0.493 e. The molecule has 154 valence electrons. The molecule has 0 amide bonds. The molecule has 4 rings (SSSR count). The van der Waals surface area contributed by atoms with E-state index in [1.165, 1.54) is 6.07 Å². The van der Waals surface area contributed by atoms with Crippen molar-refractivity contribution in [1.29, 1.82) is 0 Å². The fourth-order valence-corrected chi connectivity index (χ4v) is 3.54. The van der Waals surface area contributed by atoms with Gasteiger partial charge in [0.15, 0.2) is 11.6 Å². The van der Waals surface area contributed by atoms with Crippen LogP contribution in [-0.2, 0) is 19.7 Å². The second kappa shape index (κ2) is 8.00. The summed E-state index contributed by atoms with van der Waals surface area (Å²) in [6, 6.07) is 13.8. The van der Waals surface area contributed by atoms with Gasteiger partial charge >= 0.3 is 5.97 Å². The van der Waals surface area contributed by atoms with Gasteiger partial charge in [-0.05, 0) is 29.8 Å². The molecule has 7 heteroatoms. The smallest absolute Gasteiger partial charge is 0.304 e. The summed E-state index contributed by atoms with van der Waals surface area (Å²) < 4.78 is 35.9.